The highest BCUT2D eigenvalue weighted by molar-refractivity contribution is 7.72. The smallest absolute Gasteiger partial charge is 0.118 e. The van der Waals surface area contributed by atoms with Gasteiger partial charge in [-0.05, 0) is 0 Å². The first kappa shape index (κ1) is 10.5. The van der Waals surface area contributed by atoms with Crippen molar-refractivity contribution < 1.29 is 4.57 Å². The van der Waals surface area contributed by atoms with E-state index >= 15 is 0 Å². The Kier molecular flexibility index (Phi) is 2.93. The standard InChI is InChI=1S/C10H11Cl2OP/c11-9-6-14(13,7-10(9)12)8-4-2-1-3-5-8/h1-5,9-10H,6-7H2. The molecule has 0 aliphatic carbocycles. The molecule has 0 spiro atoms. The summed E-state index contributed by atoms with van der Waals surface area (Å²) in [6.45, 7) is 0. The Hall–Kier alpha value is 0.0300. The lowest BCUT2D eigenvalue weighted by molar-refractivity contribution is 0.585. The van der Waals surface area contributed by atoms with E-state index in [4.69, 9.17) is 23.2 Å². The van der Waals surface area contributed by atoms with Crippen molar-refractivity contribution in [2.75, 3.05) is 12.3 Å². The minimum atomic E-state index is -2.30. The zero-order valence-electron chi connectivity index (χ0n) is 7.57. The van der Waals surface area contributed by atoms with Crippen LogP contribution in [0, 0.1) is 0 Å². The summed E-state index contributed by atoms with van der Waals surface area (Å²) in [6, 6.07) is 9.53. The molecule has 1 aliphatic heterocycles. The predicted octanol–water partition coefficient (Wildman–Crippen LogP) is 2.90. The van der Waals surface area contributed by atoms with Crippen LogP contribution in [0.15, 0.2) is 30.3 Å². The second-order valence-electron chi connectivity index (χ2n) is 3.62. The highest BCUT2D eigenvalue weighted by Gasteiger charge is 2.40. The van der Waals surface area contributed by atoms with Crippen molar-refractivity contribution >= 4 is 35.6 Å². The van der Waals surface area contributed by atoms with E-state index in [-0.39, 0.29) is 10.8 Å². The van der Waals surface area contributed by atoms with Crippen LogP contribution in [0.25, 0.3) is 0 Å². The summed E-state index contributed by atoms with van der Waals surface area (Å²) in [5.74, 6) is 0. The quantitative estimate of drug-likeness (QED) is 0.552. The van der Waals surface area contributed by atoms with Crippen molar-refractivity contribution in [3.63, 3.8) is 0 Å². The van der Waals surface area contributed by atoms with Crippen molar-refractivity contribution in [3.8, 4) is 0 Å². The highest BCUT2D eigenvalue weighted by atomic mass is 35.5. The number of rotatable bonds is 1. The molecule has 1 aliphatic rings. The summed E-state index contributed by atoms with van der Waals surface area (Å²) in [5.41, 5.74) is 0. The summed E-state index contributed by atoms with van der Waals surface area (Å²) in [6.07, 6.45) is 1.07. The van der Waals surface area contributed by atoms with Gasteiger partial charge in [0.05, 0.1) is 10.8 Å². The lowest BCUT2D eigenvalue weighted by atomic mass is 10.4. The average molecular weight is 249 g/mol. The summed E-state index contributed by atoms with van der Waals surface area (Å²) in [5, 5.41) is 0.610. The Morgan fingerprint density at radius 3 is 2.07 bits per heavy atom. The topological polar surface area (TPSA) is 17.1 Å². The van der Waals surface area contributed by atoms with Gasteiger partial charge in [-0.3, -0.25) is 0 Å². The predicted molar refractivity (Wildman–Crippen MR) is 62.7 cm³/mol. The van der Waals surface area contributed by atoms with Gasteiger partial charge in [-0.1, -0.05) is 30.3 Å². The third-order valence-electron chi connectivity index (χ3n) is 2.56. The van der Waals surface area contributed by atoms with E-state index in [1.807, 2.05) is 30.3 Å². The van der Waals surface area contributed by atoms with Crippen LogP contribution in [0.4, 0.5) is 0 Å². The van der Waals surface area contributed by atoms with E-state index in [1.54, 1.807) is 0 Å². The molecule has 1 heterocycles. The number of benzene rings is 1. The van der Waals surface area contributed by atoms with Crippen molar-refractivity contribution in [1.29, 1.82) is 0 Å². The van der Waals surface area contributed by atoms with Crippen LogP contribution in [0.3, 0.4) is 0 Å². The second-order valence-corrected chi connectivity index (χ2v) is 7.77. The van der Waals surface area contributed by atoms with E-state index < -0.39 is 7.14 Å². The molecule has 0 N–H and O–H groups in total. The van der Waals surface area contributed by atoms with Gasteiger partial charge in [0.15, 0.2) is 0 Å². The van der Waals surface area contributed by atoms with Crippen LogP contribution in [0.2, 0.25) is 0 Å². The number of hydrogen-bond donors (Lipinski definition) is 0. The molecule has 76 valence electrons. The molecule has 0 aromatic heterocycles. The molecular formula is C10H11Cl2OP. The Labute approximate surface area is 93.8 Å². The monoisotopic (exact) mass is 248 g/mol. The van der Waals surface area contributed by atoms with Crippen molar-refractivity contribution in [3.05, 3.63) is 30.3 Å². The van der Waals surface area contributed by atoms with Crippen molar-refractivity contribution in [2.45, 2.75) is 10.8 Å². The number of halogens is 2. The van der Waals surface area contributed by atoms with Gasteiger partial charge >= 0.3 is 0 Å². The average Bonchev–Trinajstić information content (AvgIpc) is 2.44. The summed E-state index contributed by atoms with van der Waals surface area (Å²) in [7, 11) is -2.30. The van der Waals surface area contributed by atoms with Crippen LogP contribution >= 0.6 is 30.3 Å². The summed E-state index contributed by atoms with van der Waals surface area (Å²) >= 11 is 12.0. The van der Waals surface area contributed by atoms with Gasteiger partial charge in [0.25, 0.3) is 0 Å². The molecule has 1 aromatic carbocycles. The lowest BCUT2D eigenvalue weighted by Crippen LogP contribution is -2.09. The van der Waals surface area contributed by atoms with E-state index in [0.717, 1.165) is 5.30 Å². The van der Waals surface area contributed by atoms with Crippen LogP contribution in [0.5, 0.6) is 0 Å². The van der Waals surface area contributed by atoms with E-state index in [0.29, 0.717) is 12.3 Å². The summed E-state index contributed by atoms with van der Waals surface area (Å²) < 4.78 is 12.5. The summed E-state index contributed by atoms with van der Waals surface area (Å²) in [4.78, 5) is 0. The van der Waals surface area contributed by atoms with E-state index in [1.165, 1.54) is 0 Å². The maximum Gasteiger partial charge on any atom is 0.118 e. The largest absolute Gasteiger partial charge is 0.319 e. The van der Waals surface area contributed by atoms with Crippen LogP contribution in [0.1, 0.15) is 0 Å². The van der Waals surface area contributed by atoms with Crippen molar-refractivity contribution in [2.24, 2.45) is 0 Å². The molecule has 0 bridgehead atoms. The fourth-order valence-electron chi connectivity index (χ4n) is 1.78. The molecule has 2 unspecified atom stereocenters. The Morgan fingerprint density at radius 1 is 1.07 bits per heavy atom. The van der Waals surface area contributed by atoms with Gasteiger partial charge in [-0.25, -0.2) is 0 Å². The molecule has 0 radical (unpaired) electrons. The second kappa shape index (κ2) is 3.89. The minimum absolute atomic E-state index is 0.150. The molecule has 4 heteroatoms. The maximum atomic E-state index is 12.5. The normalized spacial score (nSPS) is 37.3. The molecule has 0 amide bonds. The molecular weight excluding hydrogens is 238 g/mol. The molecule has 14 heavy (non-hydrogen) atoms. The first-order chi connectivity index (χ1) is 6.62. The van der Waals surface area contributed by atoms with Gasteiger partial charge in [0.1, 0.15) is 7.14 Å². The third-order valence-corrected chi connectivity index (χ3v) is 7.24. The minimum Gasteiger partial charge on any atom is -0.319 e. The van der Waals surface area contributed by atoms with Gasteiger partial charge < -0.3 is 4.57 Å². The molecule has 2 atom stereocenters. The number of alkyl halides is 2. The van der Waals surface area contributed by atoms with Crippen LogP contribution in [-0.2, 0) is 4.57 Å². The van der Waals surface area contributed by atoms with Crippen LogP contribution in [-0.4, -0.2) is 23.1 Å². The Balaban J connectivity index is 2.32. The van der Waals surface area contributed by atoms with E-state index in [9.17, 15) is 4.57 Å². The number of hydrogen-bond acceptors (Lipinski definition) is 1. The fraction of sp³-hybridized carbons (Fsp3) is 0.400. The van der Waals surface area contributed by atoms with Crippen LogP contribution < -0.4 is 5.30 Å². The van der Waals surface area contributed by atoms with E-state index in [2.05, 4.69) is 0 Å². The van der Waals surface area contributed by atoms with Gasteiger partial charge in [-0.15, -0.1) is 23.2 Å². The third kappa shape index (κ3) is 1.86. The zero-order valence-corrected chi connectivity index (χ0v) is 9.97. The first-order valence-electron chi connectivity index (χ1n) is 4.54. The molecule has 1 saturated heterocycles. The molecule has 1 nitrogen and oxygen atoms in total. The zero-order chi connectivity index (χ0) is 10.2. The maximum absolute atomic E-state index is 12.5. The van der Waals surface area contributed by atoms with Crippen molar-refractivity contribution in [1.82, 2.24) is 0 Å². The van der Waals surface area contributed by atoms with Gasteiger partial charge in [-0.2, -0.15) is 0 Å². The molecule has 2 rings (SSSR count). The van der Waals surface area contributed by atoms with Gasteiger partial charge in [0, 0.05) is 17.6 Å². The Morgan fingerprint density at radius 2 is 1.57 bits per heavy atom. The lowest BCUT2D eigenvalue weighted by Gasteiger charge is -2.10. The molecule has 1 fully saturated rings. The SMILES string of the molecule is O=P1(c2ccccc2)CC(Cl)C(Cl)C1. The van der Waals surface area contributed by atoms with Gasteiger partial charge in [0.2, 0.25) is 0 Å². The molecule has 1 aromatic rings. The fourth-order valence-corrected chi connectivity index (χ4v) is 6.46. The highest BCUT2D eigenvalue weighted by Crippen LogP contribution is 2.53. The Bertz CT molecular complexity index is 352. The molecule has 0 saturated carbocycles. The first-order valence-corrected chi connectivity index (χ1v) is 7.49.